The van der Waals surface area contributed by atoms with Gasteiger partial charge in [-0.3, -0.25) is 5.10 Å². The quantitative estimate of drug-likeness (QED) is 0.725. The predicted molar refractivity (Wildman–Crippen MR) is 80.7 cm³/mol. The highest BCUT2D eigenvalue weighted by Gasteiger charge is 2.28. The number of halogens is 3. The Kier molecular flexibility index (Phi) is 3.61. The lowest BCUT2D eigenvalue weighted by Crippen LogP contribution is -2.02. The Morgan fingerprint density at radius 1 is 1.10 bits per heavy atom. The molecule has 0 aliphatic carbocycles. The van der Waals surface area contributed by atoms with Gasteiger partial charge in [0.1, 0.15) is 0 Å². The molecule has 0 fully saturated rings. The molecule has 0 aliphatic heterocycles. The molecule has 1 N–H and O–H groups in total. The molecule has 0 spiro atoms. The third-order valence-corrected chi connectivity index (χ3v) is 3.27. The van der Waals surface area contributed by atoms with Crippen molar-refractivity contribution in [2.75, 3.05) is 0 Å². The zero-order valence-electron chi connectivity index (χ0n) is 10.8. The lowest BCUT2D eigenvalue weighted by atomic mass is 10.3. The average molecular weight is 344 g/mol. The van der Waals surface area contributed by atoms with Gasteiger partial charge in [-0.05, 0) is 19.1 Å². The number of para-hydroxylation sites is 1. The number of alkyl halides is 3. The van der Waals surface area contributed by atoms with Gasteiger partial charge < -0.3 is 0 Å². The monoisotopic (exact) mass is 342 g/mol. The topological polar surface area (TPSA) is 72.3 Å². The molecule has 0 bridgehead atoms. The van der Waals surface area contributed by atoms with Gasteiger partial charge in [-0.1, -0.05) is 53.0 Å². The van der Waals surface area contributed by atoms with E-state index in [1.54, 1.807) is 0 Å². The second kappa shape index (κ2) is 5.29. The molecule has 0 saturated carbocycles. The van der Waals surface area contributed by atoms with Gasteiger partial charge >= 0.3 is 0 Å². The normalized spacial score (nSPS) is 11.8. The third kappa shape index (κ3) is 2.88. The summed E-state index contributed by atoms with van der Waals surface area (Å²) in [4.78, 5) is 5.65. The smallest absolute Gasteiger partial charge is 0.249 e. The van der Waals surface area contributed by atoms with Gasteiger partial charge in [-0.2, -0.15) is 15.0 Å². The van der Waals surface area contributed by atoms with E-state index < -0.39 is 3.79 Å². The van der Waals surface area contributed by atoms with Crippen LogP contribution in [0.4, 0.5) is 0 Å². The third-order valence-electron chi connectivity index (χ3n) is 2.74. The molecule has 0 amide bonds. The molecule has 3 aromatic rings. The number of nitrogens with one attached hydrogen (secondary N) is 1. The highest BCUT2D eigenvalue weighted by Crippen LogP contribution is 2.36. The van der Waals surface area contributed by atoms with Crippen LogP contribution in [0.1, 0.15) is 11.5 Å². The average Bonchev–Trinajstić information content (AvgIpc) is 3.05. The van der Waals surface area contributed by atoms with Gasteiger partial charge in [0.2, 0.25) is 9.62 Å². The maximum absolute atomic E-state index is 5.76. The fourth-order valence-corrected chi connectivity index (χ4v) is 2.01. The number of nitrogens with zero attached hydrogens (tertiary/aromatic N) is 5. The van der Waals surface area contributed by atoms with Crippen LogP contribution in [0.3, 0.4) is 0 Å². The highest BCUT2D eigenvalue weighted by molar-refractivity contribution is 6.66. The molecule has 108 valence electrons. The zero-order chi connectivity index (χ0) is 15.0. The van der Waals surface area contributed by atoms with E-state index in [4.69, 9.17) is 34.8 Å². The Morgan fingerprint density at radius 3 is 2.43 bits per heavy atom. The molecule has 0 atom stereocenters. The first-order valence-electron chi connectivity index (χ1n) is 5.94. The number of H-pyrrole nitrogens is 1. The van der Waals surface area contributed by atoms with E-state index in [1.165, 1.54) is 4.80 Å². The Bertz CT molecular complexity index is 759. The van der Waals surface area contributed by atoms with Crippen molar-refractivity contribution in [2.24, 2.45) is 0 Å². The van der Waals surface area contributed by atoms with Crippen LogP contribution in [-0.4, -0.2) is 30.2 Å². The zero-order valence-corrected chi connectivity index (χ0v) is 13.0. The Morgan fingerprint density at radius 2 is 1.81 bits per heavy atom. The van der Waals surface area contributed by atoms with E-state index in [-0.39, 0.29) is 5.82 Å². The van der Waals surface area contributed by atoms with E-state index in [1.807, 2.05) is 37.3 Å². The minimum atomic E-state index is -1.66. The molecule has 6 nitrogen and oxygen atoms in total. The van der Waals surface area contributed by atoms with Crippen LogP contribution in [0, 0.1) is 6.92 Å². The number of rotatable bonds is 2. The fraction of sp³-hybridized carbons (Fsp3) is 0.167. The van der Waals surface area contributed by atoms with Gasteiger partial charge in [0.05, 0.1) is 11.4 Å². The first-order chi connectivity index (χ1) is 9.95. The number of benzene rings is 1. The first kappa shape index (κ1) is 14.3. The summed E-state index contributed by atoms with van der Waals surface area (Å²) in [7, 11) is 0. The molecule has 21 heavy (non-hydrogen) atoms. The molecular formula is C12H9Cl3N6. The van der Waals surface area contributed by atoms with E-state index in [0.29, 0.717) is 17.2 Å². The summed E-state index contributed by atoms with van der Waals surface area (Å²) in [5.74, 6) is 0.465. The number of aromatic nitrogens is 6. The summed E-state index contributed by atoms with van der Waals surface area (Å²) in [6, 6.07) is 9.52. The number of hydrogen-bond donors (Lipinski definition) is 1. The van der Waals surface area contributed by atoms with Crippen molar-refractivity contribution in [2.45, 2.75) is 10.7 Å². The van der Waals surface area contributed by atoms with Crippen molar-refractivity contribution in [1.29, 1.82) is 0 Å². The second-order valence-electron chi connectivity index (χ2n) is 4.26. The SMILES string of the molecule is Cc1nn(-c2ccccc2)nc1-c1n[nH]c(C(Cl)(Cl)Cl)n1. The molecule has 3 rings (SSSR count). The highest BCUT2D eigenvalue weighted by atomic mass is 35.6. The van der Waals surface area contributed by atoms with Gasteiger partial charge in [0.25, 0.3) is 0 Å². The van der Waals surface area contributed by atoms with Crippen LogP contribution < -0.4 is 0 Å². The summed E-state index contributed by atoms with van der Waals surface area (Å²) >= 11 is 17.3. The maximum Gasteiger partial charge on any atom is 0.249 e. The number of aromatic amines is 1. The van der Waals surface area contributed by atoms with E-state index in [2.05, 4.69) is 25.4 Å². The van der Waals surface area contributed by atoms with E-state index >= 15 is 0 Å². The largest absolute Gasteiger partial charge is 0.259 e. The molecule has 0 unspecified atom stereocenters. The summed E-state index contributed by atoms with van der Waals surface area (Å²) in [6.07, 6.45) is 0. The Labute approximate surface area is 135 Å². The van der Waals surface area contributed by atoms with Crippen molar-refractivity contribution in [1.82, 2.24) is 30.2 Å². The molecule has 2 aromatic heterocycles. The van der Waals surface area contributed by atoms with Gasteiger partial charge in [0.15, 0.2) is 11.5 Å². The van der Waals surface area contributed by atoms with Gasteiger partial charge in [-0.25, -0.2) is 4.98 Å². The minimum Gasteiger partial charge on any atom is -0.259 e. The van der Waals surface area contributed by atoms with Crippen LogP contribution in [-0.2, 0) is 3.79 Å². The lowest BCUT2D eigenvalue weighted by molar-refractivity contribution is 0.746. The van der Waals surface area contributed by atoms with Crippen LogP contribution in [0.5, 0.6) is 0 Å². The van der Waals surface area contributed by atoms with Crippen LogP contribution >= 0.6 is 34.8 Å². The van der Waals surface area contributed by atoms with Crippen molar-refractivity contribution in [3.8, 4) is 17.2 Å². The summed E-state index contributed by atoms with van der Waals surface area (Å²) in [5, 5.41) is 15.3. The molecule has 0 radical (unpaired) electrons. The van der Waals surface area contributed by atoms with Gasteiger partial charge in [-0.15, -0.1) is 5.10 Å². The van der Waals surface area contributed by atoms with E-state index in [0.717, 1.165) is 5.69 Å². The molecule has 9 heteroatoms. The standard InChI is InChI=1S/C12H9Cl3N6/c1-7-9(10-16-11(18-17-10)12(13,14)15)20-21(19-7)8-5-3-2-4-6-8/h2-6H,1H3,(H,16,17,18). The Hall–Kier alpha value is -1.63. The van der Waals surface area contributed by atoms with Gasteiger partial charge in [0, 0.05) is 0 Å². The van der Waals surface area contributed by atoms with Crippen LogP contribution in [0.15, 0.2) is 30.3 Å². The molecule has 0 saturated heterocycles. The summed E-state index contributed by atoms with van der Waals surface area (Å²) < 4.78 is -1.66. The van der Waals surface area contributed by atoms with Crippen LogP contribution in [0.25, 0.3) is 17.2 Å². The molecule has 2 heterocycles. The minimum absolute atomic E-state index is 0.135. The van der Waals surface area contributed by atoms with Crippen molar-refractivity contribution >= 4 is 34.8 Å². The van der Waals surface area contributed by atoms with Crippen LogP contribution in [0.2, 0.25) is 0 Å². The number of hydrogen-bond acceptors (Lipinski definition) is 4. The Balaban J connectivity index is 2.00. The van der Waals surface area contributed by atoms with Crippen molar-refractivity contribution in [3.63, 3.8) is 0 Å². The predicted octanol–water partition coefficient (Wildman–Crippen LogP) is 3.19. The summed E-state index contributed by atoms with van der Waals surface area (Å²) in [6.45, 7) is 1.81. The molecular weight excluding hydrogens is 335 g/mol. The first-order valence-corrected chi connectivity index (χ1v) is 7.08. The van der Waals surface area contributed by atoms with Crippen molar-refractivity contribution < 1.29 is 0 Å². The van der Waals surface area contributed by atoms with E-state index in [9.17, 15) is 0 Å². The second-order valence-corrected chi connectivity index (χ2v) is 6.55. The number of aryl methyl sites for hydroxylation is 1. The lowest BCUT2D eigenvalue weighted by Gasteiger charge is -2.03. The fourth-order valence-electron chi connectivity index (χ4n) is 1.76. The van der Waals surface area contributed by atoms with Crippen molar-refractivity contribution in [3.05, 3.63) is 41.9 Å². The molecule has 0 aliphatic rings. The molecule has 1 aromatic carbocycles. The maximum atomic E-state index is 5.76. The summed E-state index contributed by atoms with van der Waals surface area (Å²) in [5.41, 5.74) is 2.04.